The molecule has 0 radical (unpaired) electrons. The number of fused-ring (bicyclic) bond motifs is 1. The molecule has 6 heteroatoms. The molecule has 0 saturated heterocycles. The van der Waals surface area contributed by atoms with Gasteiger partial charge in [-0.2, -0.15) is 5.26 Å². The van der Waals surface area contributed by atoms with Crippen LogP contribution in [0.1, 0.15) is 26.3 Å². The Hall–Kier alpha value is -1.74. The summed E-state index contributed by atoms with van der Waals surface area (Å²) in [5.74, 6) is 0. The van der Waals surface area contributed by atoms with E-state index in [0.29, 0.717) is 12.1 Å². The van der Waals surface area contributed by atoms with Crippen LogP contribution >= 0.6 is 11.8 Å². The van der Waals surface area contributed by atoms with Gasteiger partial charge in [-0.15, -0.1) is 11.8 Å². The number of aromatic nitrogens is 1. The molecule has 0 bridgehead atoms. The van der Waals surface area contributed by atoms with Crippen molar-refractivity contribution in [2.75, 3.05) is 6.26 Å². The number of hydrogen-bond donors (Lipinski definition) is 2. The van der Waals surface area contributed by atoms with E-state index in [1.807, 2.05) is 27.0 Å². The Morgan fingerprint density at radius 3 is 2.84 bits per heavy atom. The van der Waals surface area contributed by atoms with E-state index in [1.165, 1.54) is 0 Å². The van der Waals surface area contributed by atoms with Crippen molar-refractivity contribution >= 4 is 17.5 Å². The topological polar surface area (TPSA) is 77.0 Å². The summed E-state index contributed by atoms with van der Waals surface area (Å²) in [5.41, 5.74) is 2.37. The molecule has 0 aliphatic carbocycles. The van der Waals surface area contributed by atoms with Crippen LogP contribution in [-0.2, 0) is 6.54 Å². The van der Waals surface area contributed by atoms with Gasteiger partial charge in [0.1, 0.15) is 17.0 Å². The van der Waals surface area contributed by atoms with Crippen LogP contribution < -0.4 is 21.5 Å². The van der Waals surface area contributed by atoms with E-state index in [-0.39, 0.29) is 5.49 Å². The standard InChI is InChI=1S/C13H17N5S/c1-5-18-11(15)9(7-14)6-10-8(2)16-13(3,19-4)17-12(10)18/h6,15-16H,5H2,1-4H3. The largest absolute Gasteiger partial charge is 0.356 e. The van der Waals surface area contributed by atoms with Crippen molar-refractivity contribution in [2.24, 2.45) is 4.99 Å². The van der Waals surface area contributed by atoms with Gasteiger partial charge in [-0.05, 0) is 33.1 Å². The maximum absolute atomic E-state index is 9.13. The van der Waals surface area contributed by atoms with Crippen molar-refractivity contribution in [1.82, 2.24) is 9.88 Å². The Kier molecular flexibility index (Phi) is 3.42. The van der Waals surface area contributed by atoms with Crippen molar-refractivity contribution in [3.05, 3.63) is 27.8 Å². The van der Waals surface area contributed by atoms with Gasteiger partial charge < -0.3 is 9.88 Å². The summed E-state index contributed by atoms with van der Waals surface area (Å²) in [5, 5.41) is 21.5. The Bertz CT molecular complexity index is 740. The third-order valence-electron chi connectivity index (χ3n) is 3.29. The Labute approximate surface area is 116 Å². The number of rotatable bonds is 2. The summed E-state index contributed by atoms with van der Waals surface area (Å²) < 4.78 is 1.78. The molecule has 1 aromatic rings. The quantitative estimate of drug-likeness (QED) is 0.812. The Morgan fingerprint density at radius 2 is 2.32 bits per heavy atom. The molecule has 1 aliphatic rings. The summed E-state index contributed by atoms with van der Waals surface area (Å²) >= 11 is 1.61. The fraction of sp³-hybridized carbons (Fsp3) is 0.462. The van der Waals surface area contributed by atoms with Crippen molar-refractivity contribution in [3.63, 3.8) is 0 Å². The lowest BCUT2D eigenvalue weighted by Crippen LogP contribution is -2.54. The predicted octanol–water partition coefficient (Wildman–Crippen LogP) is 0.247. The lowest BCUT2D eigenvalue weighted by Gasteiger charge is -2.29. The highest BCUT2D eigenvalue weighted by Gasteiger charge is 2.25. The normalized spacial score (nSPS) is 21.1. The molecule has 2 N–H and O–H groups in total. The minimum absolute atomic E-state index is 0.227. The third kappa shape index (κ3) is 2.15. The molecular formula is C13H17N5S. The Balaban J connectivity index is 2.98. The summed E-state index contributed by atoms with van der Waals surface area (Å²) in [6.45, 7) is 6.57. The lowest BCUT2D eigenvalue weighted by molar-refractivity contribution is 0.546. The molecule has 5 nitrogen and oxygen atoms in total. The van der Waals surface area contributed by atoms with Gasteiger partial charge in [-0.3, -0.25) is 5.41 Å². The second-order valence-corrected chi connectivity index (χ2v) is 5.75. The summed E-state index contributed by atoms with van der Waals surface area (Å²) in [6.07, 6.45) is 2.00. The first-order valence-corrected chi connectivity index (χ1v) is 7.31. The highest BCUT2D eigenvalue weighted by atomic mass is 32.2. The minimum atomic E-state index is -0.422. The van der Waals surface area contributed by atoms with E-state index < -0.39 is 4.99 Å². The third-order valence-corrected chi connectivity index (χ3v) is 4.28. The average molecular weight is 275 g/mol. The number of pyridine rings is 1. The molecule has 19 heavy (non-hydrogen) atoms. The zero-order chi connectivity index (χ0) is 14.2. The maximum atomic E-state index is 9.13. The molecule has 1 unspecified atom stereocenters. The second kappa shape index (κ2) is 4.74. The van der Waals surface area contributed by atoms with Gasteiger partial charge in [0.2, 0.25) is 0 Å². The van der Waals surface area contributed by atoms with E-state index in [1.54, 1.807) is 22.4 Å². The van der Waals surface area contributed by atoms with E-state index in [9.17, 15) is 0 Å². The molecule has 0 saturated carbocycles. The van der Waals surface area contributed by atoms with Crippen LogP contribution in [0.4, 0.5) is 0 Å². The molecule has 2 heterocycles. The van der Waals surface area contributed by atoms with Gasteiger partial charge in [0.05, 0.1) is 5.56 Å². The first-order valence-electron chi connectivity index (χ1n) is 6.08. The van der Waals surface area contributed by atoms with E-state index in [4.69, 9.17) is 15.7 Å². The van der Waals surface area contributed by atoms with Crippen LogP contribution in [0, 0.1) is 16.7 Å². The SMILES string of the molecule is CCn1c(=N)c(C#N)cc2c1=NC(C)(SC)NC=2C. The van der Waals surface area contributed by atoms with Crippen LogP contribution in [0.3, 0.4) is 0 Å². The number of thioether (sulfide) groups is 1. The number of nitriles is 1. The highest BCUT2D eigenvalue weighted by Crippen LogP contribution is 2.21. The fourth-order valence-corrected chi connectivity index (χ4v) is 2.64. The van der Waals surface area contributed by atoms with Gasteiger partial charge in [0.25, 0.3) is 0 Å². The molecule has 1 aromatic heterocycles. The van der Waals surface area contributed by atoms with E-state index in [0.717, 1.165) is 16.4 Å². The highest BCUT2D eigenvalue weighted by molar-refractivity contribution is 7.99. The van der Waals surface area contributed by atoms with Crippen molar-refractivity contribution in [3.8, 4) is 6.07 Å². The summed E-state index contributed by atoms with van der Waals surface area (Å²) in [7, 11) is 0. The number of nitrogens with zero attached hydrogens (tertiary/aromatic N) is 3. The molecule has 0 spiro atoms. The van der Waals surface area contributed by atoms with Crippen LogP contribution in [0.15, 0.2) is 11.1 Å². The molecule has 0 aromatic carbocycles. The fourth-order valence-electron chi connectivity index (χ4n) is 2.21. The molecule has 2 rings (SSSR count). The minimum Gasteiger partial charge on any atom is -0.356 e. The van der Waals surface area contributed by atoms with Crippen molar-refractivity contribution in [1.29, 1.82) is 10.7 Å². The lowest BCUT2D eigenvalue weighted by atomic mass is 10.2. The first kappa shape index (κ1) is 13.7. The first-order chi connectivity index (χ1) is 8.95. The van der Waals surface area contributed by atoms with Crippen molar-refractivity contribution < 1.29 is 0 Å². The molecular weight excluding hydrogens is 258 g/mol. The smallest absolute Gasteiger partial charge is 0.176 e. The maximum Gasteiger partial charge on any atom is 0.176 e. The van der Waals surface area contributed by atoms with Crippen LogP contribution in [0.2, 0.25) is 0 Å². The van der Waals surface area contributed by atoms with Crippen LogP contribution in [0.5, 0.6) is 0 Å². The van der Waals surface area contributed by atoms with Crippen LogP contribution in [0.25, 0.3) is 5.70 Å². The molecule has 1 atom stereocenters. The van der Waals surface area contributed by atoms with E-state index >= 15 is 0 Å². The zero-order valence-electron chi connectivity index (χ0n) is 11.5. The Morgan fingerprint density at radius 1 is 1.63 bits per heavy atom. The van der Waals surface area contributed by atoms with Crippen LogP contribution in [-0.4, -0.2) is 15.8 Å². The van der Waals surface area contributed by atoms with Gasteiger partial charge >= 0.3 is 0 Å². The number of nitrogens with one attached hydrogen (secondary N) is 2. The van der Waals surface area contributed by atoms with Crippen molar-refractivity contribution in [2.45, 2.75) is 32.3 Å². The second-order valence-electron chi connectivity index (χ2n) is 4.55. The molecule has 1 aliphatic heterocycles. The summed E-state index contributed by atoms with van der Waals surface area (Å²) in [6, 6.07) is 3.82. The monoisotopic (exact) mass is 275 g/mol. The van der Waals surface area contributed by atoms with E-state index in [2.05, 4.69) is 11.4 Å². The summed E-state index contributed by atoms with van der Waals surface area (Å²) in [4.78, 5) is 4.30. The molecule has 0 amide bonds. The van der Waals surface area contributed by atoms with Gasteiger partial charge in [-0.25, -0.2) is 4.99 Å². The zero-order valence-corrected chi connectivity index (χ0v) is 12.4. The molecule has 0 fully saturated rings. The number of hydrogen-bond acceptors (Lipinski definition) is 5. The predicted molar refractivity (Wildman–Crippen MR) is 75.6 cm³/mol. The average Bonchev–Trinajstić information content (AvgIpc) is 2.38. The molecule has 100 valence electrons. The van der Waals surface area contributed by atoms with Gasteiger partial charge in [0.15, 0.2) is 4.99 Å². The van der Waals surface area contributed by atoms with Gasteiger partial charge in [0, 0.05) is 17.5 Å². The van der Waals surface area contributed by atoms with Gasteiger partial charge in [-0.1, -0.05) is 0 Å².